The number of nitrogens with one attached hydrogen (secondary N) is 1. The molecule has 0 atom stereocenters. The molecule has 1 N–H and O–H groups in total. The van der Waals surface area contributed by atoms with Gasteiger partial charge in [-0.3, -0.25) is 28.5 Å². The minimum Gasteiger partial charge on any atom is -0.351 e. The lowest BCUT2D eigenvalue weighted by atomic mass is 10.0. The molecule has 0 saturated carbocycles. The maximum atomic E-state index is 12.9. The molecule has 0 aliphatic carbocycles. The van der Waals surface area contributed by atoms with Crippen molar-refractivity contribution < 1.29 is 19.2 Å². The fourth-order valence-electron chi connectivity index (χ4n) is 6.89. The molecule has 16 heteroatoms. The lowest BCUT2D eigenvalue weighted by molar-refractivity contribution is 0.0722. The van der Waals surface area contributed by atoms with Crippen LogP contribution in [0.15, 0.2) is 36.4 Å². The lowest BCUT2D eigenvalue weighted by Gasteiger charge is -2.27. The average Bonchev–Trinajstić information content (AvgIpc) is 3.57. The first-order valence-electron chi connectivity index (χ1n) is 16.7. The molecule has 8 rings (SSSR count). The summed E-state index contributed by atoms with van der Waals surface area (Å²) < 4.78 is 3.59. The molecule has 0 bridgehead atoms. The van der Waals surface area contributed by atoms with Crippen LogP contribution < -0.4 is 5.32 Å². The predicted molar refractivity (Wildman–Crippen MR) is 206 cm³/mol. The quantitative estimate of drug-likeness (QED) is 0.242. The Balaban J connectivity index is 0.000000197. The van der Waals surface area contributed by atoms with Gasteiger partial charge in [-0.25, -0.2) is 0 Å². The minimum absolute atomic E-state index is 0. The molecule has 0 radical (unpaired) electrons. The lowest BCUT2D eigenvalue weighted by Crippen LogP contribution is -2.37. The van der Waals surface area contributed by atoms with E-state index in [1.165, 1.54) is 0 Å². The van der Waals surface area contributed by atoms with Crippen LogP contribution in [0.4, 0.5) is 0 Å². The summed E-state index contributed by atoms with van der Waals surface area (Å²) in [5, 5.41) is 13.6. The van der Waals surface area contributed by atoms with Gasteiger partial charge in [0.1, 0.15) is 11.4 Å². The zero-order valence-electron chi connectivity index (χ0n) is 27.7. The van der Waals surface area contributed by atoms with E-state index in [9.17, 15) is 19.2 Å². The van der Waals surface area contributed by atoms with Crippen molar-refractivity contribution in [1.29, 1.82) is 0 Å². The van der Waals surface area contributed by atoms with Gasteiger partial charge in [0.2, 0.25) is 0 Å². The number of amides is 4. The molecule has 4 amide bonds. The highest BCUT2D eigenvalue weighted by Gasteiger charge is 2.34. The number of carbonyl (C=O) groups excluding carboxylic acids is 4. The van der Waals surface area contributed by atoms with Crippen LogP contribution in [0.1, 0.15) is 91.9 Å². The maximum absolute atomic E-state index is 12.9. The van der Waals surface area contributed by atoms with Gasteiger partial charge in [-0.1, -0.05) is 61.3 Å². The summed E-state index contributed by atoms with van der Waals surface area (Å²) in [6.45, 7) is 4.66. The van der Waals surface area contributed by atoms with E-state index in [0.29, 0.717) is 101 Å². The Morgan fingerprint density at radius 1 is 0.660 bits per heavy atom. The first-order valence-corrected chi connectivity index (χ1v) is 18.2. The van der Waals surface area contributed by atoms with Crippen molar-refractivity contribution in [3.05, 3.63) is 102 Å². The molecule has 53 heavy (non-hydrogen) atoms. The highest BCUT2D eigenvalue weighted by molar-refractivity contribution is 6.42. The minimum atomic E-state index is -0.127. The molecule has 0 fully saturated rings. The van der Waals surface area contributed by atoms with Crippen LogP contribution in [-0.4, -0.2) is 91.1 Å². The SMILES string of the molecule is C.C.CN1CCCn2nc3c(c2C1=O)CN(C(=O)c1ccc(Cl)c(Cl)c1)CC3.O=C1NCCCn2nc3c(c21)CN(C(=O)c1ccc(Cl)c(Cl)c1)CC3. The van der Waals surface area contributed by atoms with E-state index < -0.39 is 0 Å². The number of carbonyl (C=O) groups is 4. The van der Waals surface area contributed by atoms with Gasteiger partial charge < -0.3 is 20.0 Å². The summed E-state index contributed by atoms with van der Waals surface area (Å²) in [5.41, 5.74) is 5.71. The van der Waals surface area contributed by atoms with Crippen LogP contribution in [0.3, 0.4) is 0 Å². The van der Waals surface area contributed by atoms with E-state index in [1.807, 2.05) is 4.68 Å². The third kappa shape index (κ3) is 7.92. The molecule has 0 unspecified atom stereocenters. The van der Waals surface area contributed by atoms with Gasteiger partial charge in [0.25, 0.3) is 23.6 Å². The van der Waals surface area contributed by atoms with Crippen molar-refractivity contribution in [2.45, 2.75) is 66.7 Å². The van der Waals surface area contributed by atoms with Crippen molar-refractivity contribution in [2.24, 2.45) is 0 Å². The van der Waals surface area contributed by atoms with Crippen molar-refractivity contribution in [3.63, 3.8) is 0 Å². The highest BCUT2D eigenvalue weighted by atomic mass is 35.5. The zero-order chi connectivity index (χ0) is 36.0. The Kier molecular flexibility index (Phi) is 12.5. The van der Waals surface area contributed by atoms with Crippen LogP contribution in [-0.2, 0) is 39.0 Å². The molecule has 0 saturated heterocycles. The third-order valence-corrected chi connectivity index (χ3v) is 11.0. The van der Waals surface area contributed by atoms with Gasteiger partial charge in [-0.2, -0.15) is 10.2 Å². The first kappa shape index (κ1) is 40.1. The molecule has 0 spiro atoms. The summed E-state index contributed by atoms with van der Waals surface area (Å²) in [5.74, 6) is -0.392. The number of halogens is 4. The fourth-order valence-corrected chi connectivity index (χ4v) is 7.49. The fraction of sp³-hybridized carbons (Fsp3) is 0.405. The van der Waals surface area contributed by atoms with E-state index in [1.54, 1.807) is 62.8 Å². The normalized spacial score (nSPS) is 16.2. The molecule has 4 aromatic rings. The Labute approximate surface area is 328 Å². The van der Waals surface area contributed by atoms with Gasteiger partial charge >= 0.3 is 0 Å². The number of hydrogen-bond acceptors (Lipinski definition) is 6. The molecule has 4 aliphatic rings. The molecular weight excluding hydrogens is 762 g/mol. The second-order valence-electron chi connectivity index (χ2n) is 12.9. The van der Waals surface area contributed by atoms with Gasteiger partial charge in [0.05, 0.1) is 44.6 Å². The zero-order valence-corrected chi connectivity index (χ0v) is 30.7. The number of nitrogens with zero attached hydrogens (tertiary/aromatic N) is 7. The van der Waals surface area contributed by atoms with Gasteiger partial charge in [0, 0.05) is 81.4 Å². The number of aryl methyl sites for hydroxylation is 2. The van der Waals surface area contributed by atoms with Crippen LogP contribution in [0.5, 0.6) is 0 Å². The molecular formula is C37H42Cl4N8O4. The van der Waals surface area contributed by atoms with Gasteiger partial charge in [0.15, 0.2) is 0 Å². The van der Waals surface area contributed by atoms with E-state index in [-0.39, 0.29) is 38.5 Å². The van der Waals surface area contributed by atoms with E-state index in [4.69, 9.17) is 46.4 Å². The predicted octanol–water partition coefficient (Wildman–Crippen LogP) is 6.66. The van der Waals surface area contributed by atoms with Crippen LogP contribution in [0, 0.1) is 0 Å². The number of fused-ring (bicyclic) bond motifs is 6. The van der Waals surface area contributed by atoms with Crippen molar-refractivity contribution in [2.75, 3.05) is 33.2 Å². The summed E-state index contributed by atoms with van der Waals surface area (Å²) in [6, 6.07) is 9.73. The number of rotatable bonds is 2. The maximum Gasteiger partial charge on any atom is 0.272 e. The van der Waals surface area contributed by atoms with Crippen molar-refractivity contribution in [3.8, 4) is 0 Å². The summed E-state index contributed by atoms with van der Waals surface area (Å²) in [7, 11) is 1.80. The molecule has 2 aromatic carbocycles. The average molecular weight is 805 g/mol. The second-order valence-corrected chi connectivity index (χ2v) is 14.5. The van der Waals surface area contributed by atoms with Crippen molar-refractivity contribution in [1.82, 2.24) is 39.6 Å². The molecule has 12 nitrogen and oxygen atoms in total. The van der Waals surface area contributed by atoms with E-state index >= 15 is 0 Å². The standard InChI is InChI=1S/C18H18Cl2N4O2.C17H16Cl2N4O2.2CH4/c1-22-6-2-7-24-16(18(22)26)12-10-23(8-5-15(12)21-24)17(25)11-3-4-13(19)14(20)9-11;18-12-3-2-10(8-13(12)19)17(25)22-7-4-14-11(9-22)15-16(24)20-5-1-6-23(15)21-14;;/h3-4,9H,2,5-8,10H2,1H3;2-3,8H,1,4-7,9H2,(H,20,24);2*1H4. The van der Waals surface area contributed by atoms with E-state index in [0.717, 1.165) is 41.9 Å². The first-order chi connectivity index (χ1) is 24.5. The monoisotopic (exact) mass is 802 g/mol. The molecule has 4 aliphatic heterocycles. The smallest absolute Gasteiger partial charge is 0.272 e. The van der Waals surface area contributed by atoms with Gasteiger partial charge in [-0.05, 0) is 49.2 Å². The second kappa shape index (κ2) is 16.5. The Hall–Kier alpha value is -4.10. The third-order valence-electron chi connectivity index (χ3n) is 9.57. The number of benzene rings is 2. The van der Waals surface area contributed by atoms with Crippen LogP contribution >= 0.6 is 46.4 Å². The van der Waals surface area contributed by atoms with Gasteiger partial charge in [-0.15, -0.1) is 0 Å². The molecule has 6 heterocycles. The van der Waals surface area contributed by atoms with Crippen LogP contribution in [0.2, 0.25) is 20.1 Å². The summed E-state index contributed by atoms with van der Waals surface area (Å²) >= 11 is 23.9. The van der Waals surface area contributed by atoms with Crippen molar-refractivity contribution >= 4 is 70.0 Å². The summed E-state index contributed by atoms with van der Waals surface area (Å²) in [4.78, 5) is 56.0. The molecule has 282 valence electrons. The van der Waals surface area contributed by atoms with E-state index in [2.05, 4.69) is 15.5 Å². The largest absolute Gasteiger partial charge is 0.351 e. The Bertz CT molecular complexity index is 2080. The number of hydrogen-bond donors (Lipinski definition) is 1. The topological polar surface area (TPSA) is 126 Å². The highest BCUT2D eigenvalue weighted by Crippen LogP contribution is 2.30. The van der Waals surface area contributed by atoms with Crippen LogP contribution in [0.25, 0.3) is 0 Å². The Morgan fingerprint density at radius 3 is 1.68 bits per heavy atom. The Morgan fingerprint density at radius 2 is 1.15 bits per heavy atom. The number of aromatic nitrogens is 4. The molecule has 2 aromatic heterocycles. The summed E-state index contributed by atoms with van der Waals surface area (Å²) in [6.07, 6.45) is 3.00.